The number of nitrogens with zero attached hydrogens (tertiary/aromatic N) is 2. The monoisotopic (exact) mass is 405 g/mol. The first kappa shape index (κ1) is 16.9. The molecule has 124 valence electrons. The Morgan fingerprint density at radius 2 is 2.04 bits per heavy atom. The number of carbonyl (C=O) groups excluding carboxylic acids is 1. The smallest absolute Gasteiger partial charge is 0.271 e. The van der Waals surface area contributed by atoms with Gasteiger partial charge in [-0.15, -0.1) is 11.3 Å². The molecule has 5 nitrogen and oxygen atoms in total. The molecule has 0 spiro atoms. The van der Waals surface area contributed by atoms with Gasteiger partial charge in [-0.3, -0.25) is 14.2 Å². The number of hydrogen-bond acceptors (Lipinski definition) is 4. The van der Waals surface area contributed by atoms with Crippen molar-refractivity contribution in [1.29, 1.82) is 0 Å². The lowest BCUT2D eigenvalue weighted by atomic mass is 10.2. The third-order valence-electron chi connectivity index (χ3n) is 3.70. The van der Waals surface area contributed by atoms with Crippen molar-refractivity contribution in [3.8, 4) is 0 Å². The number of hydrogen-bond donors (Lipinski definition) is 1. The van der Waals surface area contributed by atoms with Crippen LogP contribution in [0.4, 0.5) is 5.69 Å². The lowest BCUT2D eigenvalue weighted by Crippen LogP contribution is -2.22. The summed E-state index contributed by atoms with van der Waals surface area (Å²) in [5.74, 6) is -0.264. The predicted octanol–water partition coefficient (Wildman–Crippen LogP) is 4.36. The molecule has 0 unspecified atom stereocenters. The van der Waals surface area contributed by atoms with Crippen LogP contribution in [0.5, 0.6) is 0 Å². The van der Waals surface area contributed by atoms with Gasteiger partial charge in [-0.25, -0.2) is 4.98 Å². The Morgan fingerprint density at radius 3 is 2.71 bits per heavy atom. The van der Waals surface area contributed by atoms with E-state index in [-0.39, 0.29) is 17.5 Å². The van der Waals surface area contributed by atoms with Crippen molar-refractivity contribution in [3.63, 3.8) is 0 Å². The van der Waals surface area contributed by atoms with Crippen LogP contribution in [-0.2, 0) is 0 Å². The SMILES string of the molecule is Cc1sc2c(=O)n(C(C)C)cnc2c1C(=O)Nc1ccccc1Br. The summed E-state index contributed by atoms with van der Waals surface area (Å²) < 4.78 is 2.89. The molecule has 0 saturated carbocycles. The summed E-state index contributed by atoms with van der Waals surface area (Å²) in [6, 6.07) is 7.41. The summed E-state index contributed by atoms with van der Waals surface area (Å²) in [6.45, 7) is 5.69. The van der Waals surface area contributed by atoms with Gasteiger partial charge in [0.1, 0.15) is 10.2 Å². The van der Waals surface area contributed by atoms with Crippen LogP contribution in [0.2, 0.25) is 0 Å². The second kappa shape index (κ2) is 6.49. The van der Waals surface area contributed by atoms with Crippen molar-refractivity contribution in [1.82, 2.24) is 9.55 Å². The molecule has 2 heterocycles. The van der Waals surface area contributed by atoms with Gasteiger partial charge in [-0.05, 0) is 48.8 Å². The maximum atomic E-state index is 12.7. The fourth-order valence-electron chi connectivity index (χ4n) is 2.47. The molecule has 0 saturated heterocycles. The second-order valence-corrected chi connectivity index (χ2v) is 7.77. The number of aryl methyl sites for hydroxylation is 1. The number of nitrogens with one attached hydrogen (secondary N) is 1. The Morgan fingerprint density at radius 1 is 1.33 bits per heavy atom. The summed E-state index contributed by atoms with van der Waals surface area (Å²) in [5, 5.41) is 2.87. The Labute approximate surface area is 151 Å². The fourth-order valence-corrected chi connectivity index (χ4v) is 3.90. The van der Waals surface area contributed by atoms with Gasteiger partial charge in [-0.1, -0.05) is 12.1 Å². The van der Waals surface area contributed by atoms with Crippen LogP contribution >= 0.6 is 27.3 Å². The molecule has 1 aromatic carbocycles. The van der Waals surface area contributed by atoms with Crippen molar-refractivity contribution < 1.29 is 4.79 Å². The highest BCUT2D eigenvalue weighted by molar-refractivity contribution is 9.10. The molecule has 0 aliphatic carbocycles. The van der Waals surface area contributed by atoms with Crippen molar-refractivity contribution in [2.75, 3.05) is 5.32 Å². The average Bonchev–Trinajstić information content (AvgIpc) is 2.86. The highest BCUT2D eigenvalue weighted by Gasteiger charge is 2.21. The molecule has 0 atom stereocenters. The number of halogens is 1. The molecule has 7 heteroatoms. The number of thiophene rings is 1. The number of fused-ring (bicyclic) bond motifs is 1. The third-order valence-corrected chi connectivity index (χ3v) is 5.48. The fraction of sp³-hybridized carbons (Fsp3) is 0.235. The normalized spacial score (nSPS) is 11.2. The maximum absolute atomic E-state index is 12.7. The molecule has 0 aliphatic rings. The zero-order valence-electron chi connectivity index (χ0n) is 13.5. The molecule has 3 rings (SSSR count). The van der Waals surface area contributed by atoms with Gasteiger partial charge in [0.2, 0.25) is 0 Å². The van der Waals surface area contributed by atoms with Crippen LogP contribution < -0.4 is 10.9 Å². The topological polar surface area (TPSA) is 64.0 Å². The number of carbonyl (C=O) groups is 1. The Kier molecular flexibility index (Phi) is 4.56. The minimum atomic E-state index is -0.264. The van der Waals surface area contributed by atoms with Gasteiger partial charge in [0.05, 0.1) is 17.6 Å². The number of benzene rings is 1. The molecule has 3 aromatic rings. The van der Waals surface area contributed by atoms with Crippen molar-refractivity contribution >= 4 is 49.1 Å². The molecular formula is C17H16BrN3O2S. The summed E-state index contributed by atoms with van der Waals surface area (Å²) in [7, 11) is 0. The molecule has 1 N–H and O–H groups in total. The molecule has 2 aromatic heterocycles. The molecule has 0 radical (unpaired) electrons. The standard InChI is InChI=1S/C17H16BrN3O2S/c1-9(2)21-8-19-14-13(10(3)24-15(14)17(21)23)16(22)20-12-7-5-4-6-11(12)18/h4-9H,1-3H3,(H,20,22). The zero-order chi connectivity index (χ0) is 17.4. The van der Waals surface area contributed by atoms with Crippen LogP contribution in [-0.4, -0.2) is 15.5 Å². The summed E-state index contributed by atoms with van der Waals surface area (Å²) in [5.41, 5.74) is 1.49. The number of anilines is 1. The Bertz CT molecular complexity index is 991. The van der Waals surface area contributed by atoms with Gasteiger partial charge >= 0.3 is 0 Å². The van der Waals surface area contributed by atoms with Crippen LogP contribution in [0.25, 0.3) is 10.2 Å². The lowest BCUT2D eigenvalue weighted by molar-refractivity contribution is 0.102. The van der Waals surface area contributed by atoms with Crippen LogP contribution in [0.15, 0.2) is 39.9 Å². The van der Waals surface area contributed by atoms with E-state index in [1.807, 2.05) is 45.0 Å². The van der Waals surface area contributed by atoms with Gasteiger partial charge in [0.15, 0.2) is 0 Å². The lowest BCUT2D eigenvalue weighted by Gasteiger charge is -2.09. The first-order valence-electron chi connectivity index (χ1n) is 7.46. The van der Waals surface area contributed by atoms with E-state index >= 15 is 0 Å². The van der Waals surface area contributed by atoms with E-state index in [9.17, 15) is 9.59 Å². The molecular weight excluding hydrogens is 390 g/mol. The largest absolute Gasteiger partial charge is 0.321 e. The predicted molar refractivity (Wildman–Crippen MR) is 101 cm³/mol. The molecule has 0 fully saturated rings. The molecule has 0 aliphatic heterocycles. The summed E-state index contributed by atoms with van der Waals surface area (Å²) in [6.07, 6.45) is 1.51. The van der Waals surface area contributed by atoms with Crippen LogP contribution in [0.1, 0.15) is 35.1 Å². The summed E-state index contributed by atoms with van der Waals surface area (Å²) >= 11 is 4.72. The number of amides is 1. The van der Waals surface area contributed by atoms with Gasteiger partial charge < -0.3 is 5.32 Å². The maximum Gasteiger partial charge on any atom is 0.271 e. The first-order chi connectivity index (χ1) is 11.4. The quantitative estimate of drug-likeness (QED) is 0.703. The number of rotatable bonds is 3. The average molecular weight is 406 g/mol. The molecule has 24 heavy (non-hydrogen) atoms. The van der Waals surface area contributed by atoms with E-state index in [1.54, 1.807) is 4.57 Å². The van der Waals surface area contributed by atoms with Gasteiger partial charge in [-0.2, -0.15) is 0 Å². The zero-order valence-corrected chi connectivity index (χ0v) is 15.9. The van der Waals surface area contributed by atoms with Gasteiger partial charge in [0, 0.05) is 15.4 Å². The van der Waals surface area contributed by atoms with Gasteiger partial charge in [0.25, 0.3) is 11.5 Å². The third kappa shape index (κ3) is 2.89. The number of aromatic nitrogens is 2. The van der Waals surface area contributed by atoms with E-state index < -0.39 is 0 Å². The first-order valence-corrected chi connectivity index (χ1v) is 9.07. The van der Waals surface area contributed by atoms with Crippen molar-refractivity contribution in [3.05, 3.63) is 55.9 Å². The highest BCUT2D eigenvalue weighted by atomic mass is 79.9. The van der Waals surface area contributed by atoms with E-state index in [2.05, 4.69) is 26.2 Å². The van der Waals surface area contributed by atoms with Crippen molar-refractivity contribution in [2.24, 2.45) is 0 Å². The molecule has 0 bridgehead atoms. The van der Waals surface area contributed by atoms with Crippen LogP contribution in [0.3, 0.4) is 0 Å². The van der Waals surface area contributed by atoms with E-state index in [1.165, 1.54) is 17.7 Å². The summed E-state index contributed by atoms with van der Waals surface area (Å²) in [4.78, 5) is 30.4. The highest BCUT2D eigenvalue weighted by Crippen LogP contribution is 2.29. The Hall–Kier alpha value is -1.99. The minimum absolute atomic E-state index is 0.0226. The van der Waals surface area contributed by atoms with E-state index in [0.29, 0.717) is 21.5 Å². The van der Waals surface area contributed by atoms with Crippen molar-refractivity contribution in [2.45, 2.75) is 26.8 Å². The van der Waals surface area contributed by atoms with Crippen LogP contribution in [0, 0.1) is 6.92 Å². The molecule has 1 amide bonds. The minimum Gasteiger partial charge on any atom is -0.321 e. The Balaban J connectivity index is 2.08. The number of para-hydroxylation sites is 1. The van der Waals surface area contributed by atoms with E-state index in [4.69, 9.17) is 0 Å². The second-order valence-electron chi connectivity index (χ2n) is 5.70. The van der Waals surface area contributed by atoms with E-state index in [0.717, 1.165) is 9.35 Å².